The normalized spacial score (nSPS) is 11.9. The van der Waals surface area contributed by atoms with Crippen molar-refractivity contribution in [3.8, 4) is 0 Å². The molecule has 0 aromatic heterocycles. The third-order valence-corrected chi connectivity index (χ3v) is 1.69. The molecule has 0 radical (unpaired) electrons. The topological polar surface area (TPSA) is 44.8 Å². The Balaban J connectivity index is 4.79. The van der Waals surface area contributed by atoms with Gasteiger partial charge in [-0.15, -0.1) is 0 Å². The van der Waals surface area contributed by atoms with E-state index in [1.807, 2.05) is 34.6 Å². The van der Waals surface area contributed by atoms with Gasteiger partial charge in [-0.3, -0.25) is 0 Å². The van der Waals surface area contributed by atoms with Crippen molar-refractivity contribution in [2.24, 2.45) is 0 Å². The summed E-state index contributed by atoms with van der Waals surface area (Å²) in [5.74, 6) is -1.86. The summed E-state index contributed by atoms with van der Waals surface area (Å²) in [6.07, 6.45) is 1.31. The zero-order valence-corrected chi connectivity index (χ0v) is 10.8. The summed E-state index contributed by atoms with van der Waals surface area (Å²) in [6.45, 7) is 12.6. The van der Waals surface area contributed by atoms with Crippen LogP contribution in [0.25, 0.3) is 0 Å². The van der Waals surface area contributed by atoms with E-state index in [-0.39, 0.29) is 12.2 Å². The molecule has 0 aromatic carbocycles. The highest BCUT2D eigenvalue weighted by atomic mass is 16.9. The van der Waals surface area contributed by atoms with Crippen LogP contribution in [0.5, 0.6) is 0 Å². The predicted octanol–water partition coefficient (Wildman–Crippen LogP) is 2.63. The average molecular weight is 230 g/mol. The predicted molar refractivity (Wildman–Crippen MR) is 61.8 cm³/mol. The van der Waals surface area contributed by atoms with Gasteiger partial charge in [0.1, 0.15) is 0 Å². The van der Waals surface area contributed by atoms with E-state index in [4.69, 9.17) is 14.2 Å². The fraction of sp³-hybridized carbons (Fsp3) is 0.750. The minimum absolute atomic E-state index is 0.101. The van der Waals surface area contributed by atoms with Crippen LogP contribution in [0.4, 0.5) is 0 Å². The van der Waals surface area contributed by atoms with E-state index in [1.165, 1.54) is 0 Å². The highest BCUT2D eigenvalue weighted by Gasteiger charge is 2.36. The lowest BCUT2D eigenvalue weighted by atomic mass is 10.3. The van der Waals surface area contributed by atoms with Gasteiger partial charge in [-0.2, -0.15) is 0 Å². The zero-order valence-electron chi connectivity index (χ0n) is 10.8. The lowest BCUT2D eigenvalue weighted by molar-refractivity contribution is -0.382. The number of esters is 1. The van der Waals surface area contributed by atoms with Gasteiger partial charge in [0.15, 0.2) is 0 Å². The number of rotatable bonds is 7. The summed E-state index contributed by atoms with van der Waals surface area (Å²) in [7, 11) is 0. The van der Waals surface area contributed by atoms with Crippen molar-refractivity contribution in [1.82, 2.24) is 0 Å². The number of carbonyl (C=O) groups excluding carboxylic acids is 1. The van der Waals surface area contributed by atoms with Gasteiger partial charge in [0.25, 0.3) is 0 Å². The van der Waals surface area contributed by atoms with Crippen LogP contribution < -0.4 is 0 Å². The van der Waals surface area contributed by atoms with Crippen molar-refractivity contribution in [3.05, 3.63) is 12.7 Å². The third-order valence-electron chi connectivity index (χ3n) is 1.69. The maximum absolute atomic E-state index is 11.2. The van der Waals surface area contributed by atoms with Crippen LogP contribution in [0.1, 0.15) is 41.0 Å². The molecular weight excluding hydrogens is 208 g/mol. The lowest BCUT2D eigenvalue weighted by Crippen LogP contribution is -2.43. The zero-order chi connectivity index (χ0) is 12.8. The highest BCUT2D eigenvalue weighted by Crippen LogP contribution is 2.24. The molecule has 0 aliphatic carbocycles. The smallest absolute Gasteiger partial charge is 0.334 e. The van der Waals surface area contributed by atoms with Crippen molar-refractivity contribution in [2.75, 3.05) is 0 Å². The first-order chi connectivity index (χ1) is 7.35. The van der Waals surface area contributed by atoms with Gasteiger partial charge in [-0.1, -0.05) is 13.5 Å². The average Bonchev–Trinajstić information content (AvgIpc) is 2.15. The van der Waals surface area contributed by atoms with E-state index in [2.05, 4.69) is 6.58 Å². The molecular formula is C12H22O4. The largest absolute Gasteiger partial charge is 0.405 e. The Labute approximate surface area is 97.6 Å². The number of hydrogen-bond acceptors (Lipinski definition) is 4. The molecule has 0 N–H and O–H groups in total. The van der Waals surface area contributed by atoms with Crippen molar-refractivity contribution in [3.63, 3.8) is 0 Å². The highest BCUT2D eigenvalue weighted by molar-refractivity contribution is 5.81. The van der Waals surface area contributed by atoms with E-state index < -0.39 is 11.9 Å². The Bertz CT molecular complexity index is 223. The van der Waals surface area contributed by atoms with Crippen molar-refractivity contribution < 1.29 is 19.0 Å². The second-order valence-electron chi connectivity index (χ2n) is 3.99. The summed E-state index contributed by atoms with van der Waals surface area (Å²) in [4.78, 5) is 11.2. The fourth-order valence-electron chi connectivity index (χ4n) is 1.23. The van der Waals surface area contributed by atoms with Gasteiger partial charge < -0.3 is 14.2 Å². The number of ether oxygens (including phenoxy) is 3. The molecule has 0 spiro atoms. The van der Waals surface area contributed by atoms with Crippen LogP contribution in [0.2, 0.25) is 0 Å². The molecule has 0 amide bonds. The molecule has 0 bridgehead atoms. The molecule has 94 valence electrons. The van der Waals surface area contributed by atoms with Crippen LogP contribution in [0.15, 0.2) is 12.7 Å². The van der Waals surface area contributed by atoms with Gasteiger partial charge in [-0.25, -0.2) is 4.79 Å². The molecule has 0 aliphatic heterocycles. The SMILES string of the molecule is C=CC(=O)OC(CC)(OC(C)C)OC(C)C. The summed E-state index contributed by atoms with van der Waals surface area (Å²) >= 11 is 0. The fourth-order valence-corrected chi connectivity index (χ4v) is 1.23. The van der Waals surface area contributed by atoms with Crippen molar-refractivity contribution >= 4 is 5.97 Å². The van der Waals surface area contributed by atoms with Crippen LogP contribution in [-0.4, -0.2) is 24.2 Å². The summed E-state index contributed by atoms with van der Waals surface area (Å²) < 4.78 is 16.3. The van der Waals surface area contributed by atoms with Gasteiger partial charge in [0.05, 0.1) is 12.2 Å². The molecule has 0 atom stereocenters. The third kappa shape index (κ3) is 5.28. The molecule has 0 aromatic rings. The van der Waals surface area contributed by atoms with Crippen LogP contribution in [0.3, 0.4) is 0 Å². The minimum Gasteiger partial charge on any atom is -0.405 e. The standard InChI is InChI=1S/C12H22O4/c1-7-11(13)16-12(8-2,14-9(3)4)15-10(5)6/h7,9-10H,1,8H2,2-6H3. The van der Waals surface area contributed by atoms with Crippen LogP contribution in [-0.2, 0) is 19.0 Å². The molecule has 16 heavy (non-hydrogen) atoms. The monoisotopic (exact) mass is 230 g/mol. The van der Waals surface area contributed by atoms with Gasteiger partial charge >= 0.3 is 11.9 Å². The van der Waals surface area contributed by atoms with E-state index in [0.717, 1.165) is 6.08 Å². The molecule has 4 heteroatoms. The first kappa shape index (κ1) is 15.1. The summed E-state index contributed by atoms with van der Waals surface area (Å²) in [5.41, 5.74) is 0. The molecule has 0 aliphatic rings. The van der Waals surface area contributed by atoms with Gasteiger partial charge in [0.2, 0.25) is 0 Å². The Morgan fingerprint density at radius 1 is 1.25 bits per heavy atom. The molecule has 0 unspecified atom stereocenters. The quantitative estimate of drug-likeness (QED) is 0.383. The van der Waals surface area contributed by atoms with Crippen LogP contribution in [0, 0.1) is 0 Å². The Kier molecular flexibility index (Phi) is 6.29. The Morgan fingerprint density at radius 3 is 1.94 bits per heavy atom. The second-order valence-corrected chi connectivity index (χ2v) is 3.99. The molecule has 0 saturated carbocycles. The maximum atomic E-state index is 11.2. The van der Waals surface area contributed by atoms with Crippen molar-refractivity contribution in [1.29, 1.82) is 0 Å². The molecule has 0 fully saturated rings. The lowest BCUT2D eigenvalue weighted by Gasteiger charge is -2.34. The second kappa shape index (κ2) is 6.66. The van der Waals surface area contributed by atoms with Gasteiger partial charge in [-0.05, 0) is 27.7 Å². The van der Waals surface area contributed by atoms with Crippen molar-refractivity contribution in [2.45, 2.75) is 59.2 Å². The summed E-state index contributed by atoms with van der Waals surface area (Å²) in [6, 6.07) is 0. The molecule has 0 heterocycles. The minimum atomic E-state index is -1.31. The molecule has 0 rings (SSSR count). The summed E-state index contributed by atoms with van der Waals surface area (Å²) in [5, 5.41) is 0. The molecule has 0 saturated heterocycles. The molecule has 4 nitrogen and oxygen atoms in total. The Morgan fingerprint density at radius 2 is 1.69 bits per heavy atom. The Hall–Kier alpha value is -0.870. The van der Waals surface area contributed by atoms with E-state index in [0.29, 0.717) is 6.42 Å². The van der Waals surface area contributed by atoms with E-state index in [9.17, 15) is 4.79 Å². The van der Waals surface area contributed by atoms with Crippen LogP contribution >= 0.6 is 0 Å². The number of carbonyl (C=O) groups is 1. The van der Waals surface area contributed by atoms with Gasteiger partial charge in [0, 0.05) is 12.5 Å². The first-order valence-corrected chi connectivity index (χ1v) is 5.56. The van der Waals surface area contributed by atoms with E-state index in [1.54, 1.807) is 0 Å². The van der Waals surface area contributed by atoms with E-state index >= 15 is 0 Å². The number of hydrogen-bond donors (Lipinski definition) is 0. The maximum Gasteiger partial charge on any atom is 0.334 e. The first-order valence-electron chi connectivity index (χ1n) is 5.56.